The molecule has 0 aliphatic rings. The molecule has 1 aromatic carbocycles. The van der Waals surface area contributed by atoms with Crippen LogP contribution in [0.2, 0.25) is 0 Å². The van der Waals surface area contributed by atoms with Crippen molar-refractivity contribution in [3.63, 3.8) is 0 Å². The van der Waals surface area contributed by atoms with Gasteiger partial charge in [0.05, 0.1) is 16.8 Å². The summed E-state index contributed by atoms with van der Waals surface area (Å²) in [5.41, 5.74) is 12.5. The van der Waals surface area contributed by atoms with Gasteiger partial charge in [0.1, 0.15) is 0 Å². The fraction of sp³-hybridized carbons (Fsp3) is 0.348. The Labute approximate surface area is 191 Å². The normalized spacial score (nSPS) is 13.8. The summed E-state index contributed by atoms with van der Waals surface area (Å²) in [4.78, 5) is 16.7. The Balaban J connectivity index is 2.18. The van der Waals surface area contributed by atoms with Gasteiger partial charge in [-0.2, -0.15) is 18.3 Å². The lowest BCUT2D eigenvalue weighted by Crippen LogP contribution is -2.29. The lowest BCUT2D eigenvalue weighted by atomic mass is 9.89. The van der Waals surface area contributed by atoms with Crippen molar-refractivity contribution in [2.24, 2.45) is 22.4 Å². The molecule has 178 valence electrons. The van der Waals surface area contributed by atoms with Gasteiger partial charge >= 0.3 is 6.18 Å². The monoisotopic (exact) mass is 462 g/mol. The largest absolute Gasteiger partial charge is 0.416 e. The van der Waals surface area contributed by atoms with Crippen LogP contribution in [-0.4, -0.2) is 28.4 Å². The molecule has 0 aliphatic heterocycles. The Kier molecular flexibility index (Phi) is 8.44. The second-order valence-electron chi connectivity index (χ2n) is 8.01. The van der Waals surface area contributed by atoms with Crippen LogP contribution in [0.25, 0.3) is 5.82 Å². The van der Waals surface area contributed by atoms with Gasteiger partial charge in [0.25, 0.3) is 5.91 Å². The number of amides is 1. The molecule has 1 aromatic heterocycles. The molecule has 7 nitrogen and oxygen atoms in total. The van der Waals surface area contributed by atoms with Gasteiger partial charge in [0.15, 0.2) is 11.6 Å². The molecule has 33 heavy (non-hydrogen) atoms. The summed E-state index contributed by atoms with van der Waals surface area (Å²) in [5.74, 6) is -0.176. The van der Waals surface area contributed by atoms with Gasteiger partial charge in [0, 0.05) is 24.9 Å². The number of carbonyl (C=O) groups excluding carboxylic acids is 1. The summed E-state index contributed by atoms with van der Waals surface area (Å²) in [6.07, 6.45) is 0.567. The Morgan fingerprint density at radius 2 is 1.91 bits per heavy atom. The molecule has 5 N–H and O–H groups in total. The minimum Gasteiger partial charge on any atom is -0.381 e. The number of halogens is 3. The highest BCUT2D eigenvalue weighted by molar-refractivity contribution is 5.95. The van der Waals surface area contributed by atoms with E-state index in [0.29, 0.717) is 17.7 Å². The quantitative estimate of drug-likeness (QED) is 0.489. The maximum atomic E-state index is 12.9. The van der Waals surface area contributed by atoms with Gasteiger partial charge in [-0.25, -0.2) is 9.67 Å². The Hall–Kier alpha value is -3.56. The molecule has 0 fully saturated rings. The molecule has 1 amide bonds. The third kappa shape index (κ3) is 6.96. The molecule has 1 atom stereocenters. The summed E-state index contributed by atoms with van der Waals surface area (Å²) in [7, 11) is 0. The van der Waals surface area contributed by atoms with Gasteiger partial charge < -0.3 is 16.8 Å². The molecule has 0 radical (unpaired) electrons. The lowest BCUT2D eigenvalue weighted by molar-refractivity contribution is -0.137. The van der Waals surface area contributed by atoms with E-state index < -0.39 is 11.7 Å². The van der Waals surface area contributed by atoms with E-state index in [0.717, 1.165) is 17.7 Å². The number of aliphatic imine (C=N–C) groups is 1. The highest BCUT2D eigenvalue weighted by Gasteiger charge is 2.30. The first-order valence-electron chi connectivity index (χ1n) is 10.4. The predicted octanol–water partition coefficient (Wildman–Crippen LogP) is 4.03. The van der Waals surface area contributed by atoms with Crippen molar-refractivity contribution in [1.82, 2.24) is 15.1 Å². The van der Waals surface area contributed by atoms with Crippen molar-refractivity contribution in [1.29, 1.82) is 0 Å². The average Bonchev–Trinajstić information content (AvgIpc) is 3.15. The van der Waals surface area contributed by atoms with Gasteiger partial charge in [-0.15, -0.1) is 0 Å². The zero-order chi connectivity index (χ0) is 24.8. The second-order valence-corrected chi connectivity index (χ2v) is 8.01. The van der Waals surface area contributed by atoms with Crippen LogP contribution in [0, 0.1) is 12.8 Å². The third-order valence-electron chi connectivity index (χ3n) is 4.95. The molecule has 1 unspecified atom stereocenters. The number of allylic oxidation sites excluding steroid dienone is 1. The van der Waals surface area contributed by atoms with Crippen LogP contribution in [0.4, 0.5) is 13.2 Å². The number of alkyl halides is 3. The van der Waals surface area contributed by atoms with Crippen LogP contribution in [0.1, 0.15) is 53.4 Å². The number of benzene rings is 1. The van der Waals surface area contributed by atoms with E-state index in [9.17, 15) is 18.0 Å². The minimum absolute atomic E-state index is 0.0173. The molecular weight excluding hydrogens is 433 g/mol. The molecule has 0 aliphatic carbocycles. The number of carbonyl (C=O) groups is 1. The van der Waals surface area contributed by atoms with E-state index in [1.807, 2.05) is 13.8 Å². The highest BCUT2D eigenvalue weighted by Crippen LogP contribution is 2.31. The molecule has 0 bridgehead atoms. The van der Waals surface area contributed by atoms with Crippen LogP contribution >= 0.6 is 0 Å². The van der Waals surface area contributed by atoms with E-state index in [1.165, 1.54) is 35.3 Å². The molecule has 10 heteroatoms. The van der Waals surface area contributed by atoms with Crippen molar-refractivity contribution >= 4 is 17.9 Å². The van der Waals surface area contributed by atoms with Crippen molar-refractivity contribution < 1.29 is 18.0 Å². The average molecular weight is 463 g/mol. The van der Waals surface area contributed by atoms with Crippen LogP contribution in [0.3, 0.4) is 0 Å². The van der Waals surface area contributed by atoms with Crippen LogP contribution < -0.4 is 16.8 Å². The molecule has 0 saturated heterocycles. The maximum Gasteiger partial charge on any atom is 0.416 e. The third-order valence-corrected chi connectivity index (χ3v) is 4.95. The molecular formula is C23H29F3N6O. The van der Waals surface area contributed by atoms with Gasteiger partial charge in [-0.1, -0.05) is 38.6 Å². The van der Waals surface area contributed by atoms with E-state index in [-0.39, 0.29) is 35.9 Å². The standard InChI is InChI=1S/C23H29F3N6O/c1-5-10-29-20(27)21(28)32-13-19(15(4)31-32)22(33)30-12-17(11-14(2)3)16-6-8-18(9-7-16)23(24,25)26/h5-10,13-14,17H,1,11-12,27-28H2,2-4H3,(H,30,33)/b21-20+,29-10?. The van der Waals surface area contributed by atoms with E-state index in [4.69, 9.17) is 11.5 Å². The van der Waals surface area contributed by atoms with Gasteiger partial charge in [-0.05, 0) is 37.0 Å². The van der Waals surface area contributed by atoms with Crippen LogP contribution in [-0.2, 0) is 6.18 Å². The second kappa shape index (κ2) is 10.8. The minimum atomic E-state index is -4.39. The number of hydrogen-bond acceptors (Lipinski definition) is 5. The number of rotatable bonds is 9. The molecule has 2 aromatic rings. The van der Waals surface area contributed by atoms with Crippen molar-refractivity contribution in [3.05, 3.63) is 71.3 Å². The van der Waals surface area contributed by atoms with Gasteiger partial charge in [-0.3, -0.25) is 4.79 Å². The molecule has 0 saturated carbocycles. The number of hydrogen-bond donors (Lipinski definition) is 3. The zero-order valence-corrected chi connectivity index (χ0v) is 18.9. The van der Waals surface area contributed by atoms with Crippen molar-refractivity contribution in [2.75, 3.05) is 6.54 Å². The lowest BCUT2D eigenvalue weighted by Gasteiger charge is -2.21. The predicted molar refractivity (Wildman–Crippen MR) is 123 cm³/mol. The number of nitrogens with two attached hydrogens (primary N) is 2. The Bertz CT molecular complexity index is 1040. The first kappa shape index (κ1) is 25.7. The topological polar surface area (TPSA) is 111 Å². The van der Waals surface area contributed by atoms with Crippen molar-refractivity contribution in [2.45, 2.75) is 39.3 Å². The highest BCUT2D eigenvalue weighted by atomic mass is 19.4. The number of aryl methyl sites for hydroxylation is 1. The van der Waals surface area contributed by atoms with E-state index >= 15 is 0 Å². The summed E-state index contributed by atoms with van der Waals surface area (Å²) in [6, 6.07) is 5.05. The van der Waals surface area contributed by atoms with E-state index in [2.05, 4.69) is 22.0 Å². The molecule has 1 heterocycles. The number of nitrogens with zero attached hydrogens (tertiary/aromatic N) is 3. The first-order chi connectivity index (χ1) is 15.4. The summed E-state index contributed by atoms with van der Waals surface area (Å²) in [5, 5.41) is 7.07. The van der Waals surface area contributed by atoms with Crippen LogP contribution in [0.15, 0.2) is 53.9 Å². The van der Waals surface area contributed by atoms with Crippen LogP contribution in [0.5, 0.6) is 0 Å². The number of nitrogens with one attached hydrogen (secondary N) is 1. The SMILES string of the molecule is C=CC=N/C(N)=C(\N)n1cc(C(=O)NCC(CC(C)C)c2ccc(C(F)(F)F)cc2)c(C)n1. The maximum absolute atomic E-state index is 12.9. The van der Waals surface area contributed by atoms with E-state index in [1.54, 1.807) is 6.92 Å². The fourth-order valence-electron chi connectivity index (χ4n) is 3.28. The first-order valence-corrected chi connectivity index (χ1v) is 10.4. The number of aromatic nitrogens is 2. The van der Waals surface area contributed by atoms with Crippen molar-refractivity contribution in [3.8, 4) is 0 Å². The smallest absolute Gasteiger partial charge is 0.381 e. The Morgan fingerprint density at radius 1 is 1.27 bits per heavy atom. The molecule has 2 rings (SSSR count). The van der Waals surface area contributed by atoms with Gasteiger partial charge in [0.2, 0.25) is 0 Å². The molecule has 0 spiro atoms. The fourth-order valence-corrected chi connectivity index (χ4v) is 3.28. The summed E-state index contributed by atoms with van der Waals surface area (Å²) in [6.45, 7) is 9.44. The summed E-state index contributed by atoms with van der Waals surface area (Å²) < 4.78 is 39.9. The Morgan fingerprint density at radius 3 is 2.45 bits per heavy atom. The zero-order valence-electron chi connectivity index (χ0n) is 18.9. The summed E-state index contributed by atoms with van der Waals surface area (Å²) >= 11 is 0.